The Labute approximate surface area is 143 Å². The Bertz CT molecular complexity index is 798. The molecule has 4 rings (SSSR count). The first-order chi connectivity index (χ1) is 11.3. The minimum Gasteiger partial charge on any atom is -0.383 e. The van der Waals surface area contributed by atoms with Crippen molar-refractivity contribution in [3.8, 4) is 5.75 Å². The van der Waals surface area contributed by atoms with Gasteiger partial charge >= 0.3 is 10.1 Å². The van der Waals surface area contributed by atoms with Gasteiger partial charge in [0.1, 0.15) is 11.5 Å². The fourth-order valence-electron chi connectivity index (χ4n) is 5.56. The number of carbonyl (C=O) groups is 1. The third-order valence-corrected chi connectivity index (χ3v) is 7.15. The molecule has 0 heterocycles. The Hall–Kier alpha value is -1.36. The zero-order valence-corrected chi connectivity index (χ0v) is 15.1. The predicted molar refractivity (Wildman–Crippen MR) is 91.5 cm³/mol. The van der Waals surface area contributed by atoms with E-state index in [-0.39, 0.29) is 5.41 Å². The molecule has 1 aromatic rings. The van der Waals surface area contributed by atoms with Crippen molar-refractivity contribution in [1.29, 1.82) is 0 Å². The van der Waals surface area contributed by atoms with Crippen molar-refractivity contribution in [2.75, 3.05) is 6.26 Å². The van der Waals surface area contributed by atoms with E-state index >= 15 is 0 Å². The molecule has 3 aliphatic carbocycles. The number of hydrogen-bond donors (Lipinski definition) is 0. The molecule has 0 bridgehead atoms. The third kappa shape index (κ3) is 2.48. The van der Waals surface area contributed by atoms with E-state index in [0.717, 1.165) is 44.8 Å². The first kappa shape index (κ1) is 16.1. The molecule has 0 saturated heterocycles. The number of Topliss-reactive ketones (excluding diaryl/α,β-unsaturated/α-hetero) is 1. The maximum Gasteiger partial charge on any atom is 0.306 e. The van der Waals surface area contributed by atoms with Gasteiger partial charge in [-0.05, 0) is 73.1 Å². The van der Waals surface area contributed by atoms with Gasteiger partial charge in [0.2, 0.25) is 0 Å². The van der Waals surface area contributed by atoms with Crippen molar-refractivity contribution >= 4 is 15.9 Å². The van der Waals surface area contributed by atoms with Crippen LogP contribution < -0.4 is 4.18 Å². The summed E-state index contributed by atoms with van der Waals surface area (Å²) in [4.78, 5) is 12.4. The van der Waals surface area contributed by atoms with Crippen LogP contribution in [0.5, 0.6) is 5.75 Å². The minimum absolute atomic E-state index is 0.0992. The smallest absolute Gasteiger partial charge is 0.306 e. The standard InChI is InChI=1S/C19H24O4S/c1-19-10-9-15-14-6-4-13(23-24(2,21)22)11-12(14)3-5-16(15)17(19)7-8-18(19)20/h4,6,11,15-17H,3,5,7-10H2,1-2H3. The molecular weight excluding hydrogens is 324 g/mol. The quantitative estimate of drug-likeness (QED) is 0.768. The monoisotopic (exact) mass is 348 g/mol. The van der Waals surface area contributed by atoms with Crippen LogP contribution in [0.4, 0.5) is 0 Å². The van der Waals surface area contributed by atoms with Crippen molar-refractivity contribution in [3.05, 3.63) is 29.3 Å². The van der Waals surface area contributed by atoms with Gasteiger partial charge in [0.25, 0.3) is 0 Å². The zero-order valence-electron chi connectivity index (χ0n) is 14.2. The van der Waals surface area contributed by atoms with Crippen molar-refractivity contribution < 1.29 is 17.4 Å². The van der Waals surface area contributed by atoms with Gasteiger partial charge in [-0.1, -0.05) is 13.0 Å². The van der Waals surface area contributed by atoms with Crippen molar-refractivity contribution in [1.82, 2.24) is 0 Å². The summed E-state index contributed by atoms with van der Waals surface area (Å²) < 4.78 is 27.7. The van der Waals surface area contributed by atoms with Crippen LogP contribution in [0.3, 0.4) is 0 Å². The van der Waals surface area contributed by atoms with E-state index < -0.39 is 10.1 Å². The Morgan fingerprint density at radius 1 is 1.17 bits per heavy atom. The lowest BCUT2D eigenvalue weighted by Crippen LogP contribution is -2.42. The maximum absolute atomic E-state index is 12.4. The highest BCUT2D eigenvalue weighted by atomic mass is 32.2. The molecule has 5 heteroatoms. The van der Waals surface area contributed by atoms with E-state index in [0.29, 0.717) is 29.3 Å². The van der Waals surface area contributed by atoms with Crippen LogP contribution in [-0.4, -0.2) is 20.5 Å². The SMILES string of the molecule is CC12CCC3c4ccc(OS(C)(=O)=O)cc4CCC3C1CCC2=O. The molecule has 2 saturated carbocycles. The average molecular weight is 348 g/mol. The van der Waals surface area contributed by atoms with E-state index in [9.17, 15) is 13.2 Å². The van der Waals surface area contributed by atoms with Gasteiger partial charge in [-0.2, -0.15) is 8.42 Å². The Kier molecular flexibility index (Phi) is 3.57. The van der Waals surface area contributed by atoms with Gasteiger partial charge < -0.3 is 4.18 Å². The van der Waals surface area contributed by atoms with E-state index in [4.69, 9.17) is 4.18 Å². The Morgan fingerprint density at radius 2 is 1.96 bits per heavy atom. The molecule has 0 amide bonds. The second-order valence-electron chi connectivity index (χ2n) is 7.98. The summed E-state index contributed by atoms with van der Waals surface area (Å²) in [5.74, 6) is 2.48. The topological polar surface area (TPSA) is 60.4 Å². The number of hydrogen-bond acceptors (Lipinski definition) is 4. The fourth-order valence-corrected chi connectivity index (χ4v) is 6.01. The molecular formula is C19H24O4S. The second-order valence-corrected chi connectivity index (χ2v) is 9.56. The molecule has 0 aromatic heterocycles. The number of fused-ring (bicyclic) bond motifs is 5. The molecule has 0 spiro atoms. The summed E-state index contributed by atoms with van der Waals surface area (Å²) in [7, 11) is -3.49. The molecule has 130 valence electrons. The molecule has 0 aliphatic heterocycles. The van der Waals surface area contributed by atoms with Gasteiger partial charge in [-0.15, -0.1) is 0 Å². The summed E-state index contributed by atoms with van der Waals surface area (Å²) >= 11 is 0. The number of carbonyl (C=O) groups excluding carboxylic acids is 1. The van der Waals surface area contributed by atoms with Crippen LogP contribution in [0.2, 0.25) is 0 Å². The van der Waals surface area contributed by atoms with E-state index in [1.54, 1.807) is 6.07 Å². The molecule has 2 fully saturated rings. The van der Waals surface area contributed by atoms with Crippen LogP contribution in [0.25, 0.3) is 0 Å². The lowest BCUT2D eigenvalue weighted by Gasteiger charge is -2.48. The highest BCUT2D eigenvalue weighted by Crippen LogP contribution is 2.59. The van der Waals surface area contributed by atoms with E-state index in [1.165, 1.54) is 11.1 Å². The molecule has 1 aromatic carbocycles. The van der Waals surface area contributed by atoms with Crippen LogP contribution in [0.1, 0.15) is 56.1 Å². The van der Waals surface area contributed by atoms with Crippen molar-refractivity contribution in [2.24, 2.45) is 17.3 Å². The van der Waals surface area contributed by atoms with Crippen LogP contribution in [0.15, 0.2) is 18.2 Å². The third-order valence-electron chi connectivity index (χ3n) is 6.65. The number of benzene rings is 1. The maximum atomic E-state index is 12.4. The normalized spacial score (nSPS) is 35.1. The molecule has 4 nitrogen and oxygen atoms in total. The first-order valence-corrected chi connectivity index (χ1v) is 10.7. The molecule has 4 unspecified atom stereocenters. The first-order valence-electron chi connectivity index (χ1n) is 8.83. The fraction of sp³-hybridized carbons (Fsp3) is 0.632. The van der Waals surface area contributed by atoms with E-state index in [2.05, 4.69) is 6.92 Å². The zero-order chi connectivity index (χ0) is 17.1. The predicted octanol–water partition coefficient (Wildman–Crippen LogP) is 3.45. The number of ketones is 1. The summed E-state index contributed by atoms with van der Waals surface area (Å²) in [6, 6.07) is 5.71. The molecule has 0 N–H and O–H groups in total. The molecule has 24 heavy (non-hydrogen) atoms. The van der Waals surface area contributed by atoms with Gasteiger partial charge in [-0.3, -0.25) is 4.79 Å². The van der Waals surface area contributed by atoms with E-state index in [1.807, 2.05) is 12.1 Å². The molecule has 0 radical (unpaired) electrons. The highest BCUT2D eigenvalue weighted by Gasteiger charge is 2.54. The van der Waals surface area contributed by atoms with Crippen molar-refractivity contribution in [3.63, 3.8) is 0 Å². The average Bonchev–Trinajstić information content (AvgIpc) is 2.81. The van der Waals surface area contributed by atoms with Crippen LogP contribution in [-0.2, 0) is 21.3 Å². The molecule has 3 aliphatic rings. The van der Waals surface area contributed by atoms with Crippen LogP contribution >= 0.6 is 0 Å². The lowest BCUT2D eigenvalue weighted by molar-refractivity contribution is -0.129. The number of rotatable bonds is 2. The van der Waals surface area contributed by atoms with Gasteiger partial charge in [0.05, 0.1) is 6.26 Å². The van der Waals surface area contributed by atoms with Gasteiger partial charge in [-0.25, -0.2) is 0 Å². The van der Waals surface area contributed by atoms with Gasteiger partial charge in [0.15, 0.2) is 0 Å². The van der Waals surface area contributed by atoms with Crippen LogP contribution in [0, 0.1) is 17.3 Å². The Balaban J connectivity index is 1.65. The Morgan fingerprint density at radius 3 is 2.71 bits per heavy atom. The summed E-state index contributed by atoms with van der Waals surface area (Å²) in [5, 5.41) is 0. The minimum atomic E-state index is -3.49. The largest absolute Gasteiger partial charge is 0.383 e. The summed E-state index contributed by atoms with van der Waals surface area (Å²) in [6.45, 7) is 2.18. The lowest BCUT2D eigenvalue weighted by atomic mass is 9.55. The second kappa shape index (κ2) is 5.32. The summed E-state index contributed by atoms with van der Waals surface area (Å²) in [5.41, 5.74) is 2.46. The molecule has 4 atom stereocenters. The highest BCUT2D eigenvalue weighted by molar-refractivity contribution is 7.86. The number of aryl methyl sites for hydroxylation is 1. The van der Waals surface area contributed by atoms with Gasteiger partial charge in [0, 0.05) is 11.8 Å². The summed E-state index contributed by atoms with van der Waals surface area (Å²) in [6.07, 6.45) is 6.94. The van der Waals surface area contributed by atoms with Crippen molar-refractivity contribution in [2.45, 2.75) is 51.4 Å².